The van der Waals surface area contributed by atoms with E-state index < -0.39 is 42.8 Å². The van der Waals surface area contributed by atoms with Crippen LogP contribution < -0.4 is 0 Å². The Hall–Kier alpha value is -3.19. The van der Waals surface area contributed by atoms with Gasteiger partial charge in [-0.3, -0.25) is 30.3 Å². The van der Waals surface area contributed by atoms with Crippen LogP contribution in [-0.2, 0) is 12.8 Å². The molecule has 0 bridgehead atoms. The normalized spacial score (nSPS) is 11.1. The van der Waals surface area contributed by atoms with E-state index in [4.69, 9.17) is 0 Å². The zero-order chi connectivity index (χ0) is 15.8. The van der Waals surface area contributed by atoms with Crippen molar-refractivity contribution in [3.8, 4) is 0 Å². The predicted octanol–water partition coefficient (Wildman–Crippen LogP) is -0.423. The Morgan fingerprint density at radius 2 is 1.40 bits per heavy atom. The fourth-order valence-corrected chi connectivity index (χ4v) is 1.51. The molecule has 14 nitrogen and oxygen atoms in total. The number of aromatic nitrogens is 2. The van der Waals surface area contributed by atoms with Crippen LogP contribution in [0, 0.1) is 47.4 Å². The van der Waals surface area contributed by atoms with Crippen LogP contribution in [0.5, 0.6) is 0 Å². The molecule has 0 fully saturated rings. The summed E-state index contributed by atoms with van der Waals surface area (Å²) in [6.07, 6.45) is 0. The second kappa shape index (κ2) is 4.48. The van der Waals surface area contributed by atoms with E-state index in [9.17, 15) is 40.5 Å². The van der Waals surface area contributed by atoms with Gasteiger partial charge in [0.1, 0.15) is 5.69 Å². The first-order valence-corrected chi connectivity index (χ1v) is 4.70. The number of hydrogen-bond donors (Lipinski definition) is 0. The van der Waals surface area contributed by atoms with Gasteiger partial charge in [0.2, 0.25) is 0 Å². The summed E-state index contributed by atoms with van der Waals surface area (Å²) in [5, 5.41) is 43.2. The van der Waals surface area contributed by atoms with Crippen molar-refractivity contribution in [2.45, 2.75) is 12.7 Å². The summed E-state index contributed by atoms with van der Waals surface area (Å²) in [6.45, 7) is 1.01. The minimum atomic E-state index is -3.99. The molecule has 1 aromatic rings. The fourth-order valence-electron chi connectivity index (χ4n) is 1.51. The van der Waals surface area contributed by atoms with Gasteiger partial charge in [-0.25, -0.2) is 4.57 Å². The van der Waals surface area contributed by atoms with Crippen molar-refractivity contribution in [3.63, 3.8) is 0 Å². The predicted molar refractivity (Wildman–Crippen MR) is 57.3 cm³/mol. The summed E-state index contributed by atoms with van der Waals surface area (Å²) in [5.74, 6) is -4.97. The average Bonchev–Trinajstić information content (AvgIpc) is 2.57. The standard InChI is InChI=1S/C6H6N6O8/c1-3-4(7-5(8(3)2)9(13)14)6(10(15)16,11(17)18)12(19)20/h1-2H3. The monoisotopic (exact) mass is 290 g/mol. The van der Waals surface area contributed by atoms with E-state index in [1.807, 2.05) is 0 Å². The Balaban J connectivity index is 3.81. The van der Waals surface area contributed by atoms with Crippen molar-refractivity contribution in [2.75, 3.05) is 0 Å². The maximum atomic E-state index is 10.9. The molecule has 0 spiro atoms. The summed E-state index contributed by atoms with van der Waals surface area (Å²) >= 11 is 0. The highest BCUT2D eigenvalue weighted by molar-refractivity contribution is 5.24. The highest BCUT2D eigenvalue weighted by Gasteiger charge is 2.78. The molecule has 0 aliphatic heterocycles. The van der Waals surface area contributed by atoms with Crippen LogP contribution in [0.3, 0.4) is 0 Å². The van der Waals surface area contributed by atoms with Crippen LogP contribution in [0.2, 0.25) is 0 Å². The molecule has 0 aliphatic carbocycles. The molecule has 0 N–H and O–H groups in total. The van der Waals surface area contributed by atoms with E-state index in [1.54, 1.807) is 0 Å². The molecule has 0 atom stereocenters. The van der Waals surface area contributed by atoms with Crippen LogP contribution in [0.15, 0.2) is 0 Å². The number of rotatable bonds is 5. The molecule has 0 saturated carbocycles. The summed E-state index contributed by atoms with van der Waals surface area (Å²) in [7, 11) is 1.05. The Morgan fingerprint density at radius 1 is 1.00 bits per heavy atom. The largest absolute Gasteiger partial charge is 0.764 e. The number of hydrogen-bond acceptors (Lipinski definition) is 9. The lowest BCUT2D eigenvalue weighted by Gasteiger charge is -2.04. The highest BCUT2D eigenvalue weighted by Crippen LogP contribution is 2.30. The van der Waals surface area contributed by atoms with Gasteiger partial charge in [-0.2, -0.15) is 0 Å². The fraction of sp³-hybridized carbons (Fsp3) is 0.500. The van der Waals surface area contributed by atoms with Crippen molar-refractivity contribution in [3.05, 3.63) is 51.8 Å². The second-order valence-electron chi connectivity index (χ2n) is 3.57. The Morgan fingerprint density at radius 3 is 1.65 bits per heavy atom. The van der Waals surface area contributed by atoms with Gasteiger partial charge in [0.25, 0.3) is 0 Å². The summed E-state index contributed by atoms with van der Waals surface area (Å²) in [6, 6.07) is 0. The highest BCUT2D eigenvalue weighted by atomic mass is 16.7. The van der Waals surface area contributed by atoms with Crippen molar-refractivity contribution in [1.29, 1.82) is 0 Å². The van der Waals surface area contributed by atoms with Crippen LogP contribution in [0.4, 0.5) is 5.95 Å². The number of nitrogens with zero attached hydrogens (tertiary/aromatic N) is 6. The van der Waals surface area contributed by atoms with Crippen LogP contribution in [0.25, 0.3) is 0 Å². The molecule has 0 aromatic carbocycles. The Kier molecular flexibility index (Phi) is 3.33. The van der Waals surface area contributed by atoms with Gasteiger partial charge in [0.15, 0.2) is 14.8 Å². The zero-order valence-corrected chi connectivity index (χ0v) is 9.95. The third-order valence-corrected chi connectivity index (χ3v) is 2.60. The van der Waals surface area contributed by atoms with Gasteiger partial charge in [0.05, 0.1) is 7.05 Å². The molecular weight excluding hydrogens is 284 g/mol. The first kappa shape index (κ1) is 14.9. The van der Waals surface area contributed by atoms with Crippen LogP contribution in [-0.4, -0.2) is 29.2 Å². The van der Waals surface area contributed by atoms with E-state index in [0.29, 0.717) is 4.57 Å². The van der Waals surface area contributed by atoms with Gasteiger partial charge < -0.3 is 10.1 Å². The van der Waals surface area contributed by atoms with Gasteiger partial charge in [-0.15, -0.1) is 0 Å². The van der Waals surface area contributed by atoms with E-state index in [0.717, 1.165) is 14.0 Å². The zero-order valence-electron chi connectivity index (χ0n) is 9.95. The Bertz CT molecular complexity index is 598. The minimum Gasteiger partial charge on any atom is -0.390 e. The lowest BCUT2D eigenvalue weighted by molar-refractivity contribution is -0.986. The third kappa shape index (κ3) is 1.70. The molecule has 20 heavy (non-hydrogen) atoms. The van der Waals surface area contributed by atoms with Crippen molar-refractivity contribution in [1.82, 2.24) is 9.55 Å². The van der Waals surface area contributed by atoms with Crippen LogP contribution in [0.1, 0.15) is 11.4 Å². The van der Waals surface area contributed by atoms with Crippen molar-refractivity contribution >= 4 is 5.95 Å². The molecule has 0 amide bonds. The van der Waals surface area contributed by atoms with Crippen molar-refractivity contribution < 1.29 is 19.7 Å². The second-order valence-corrected chi connectivity index (χ2v) is 3.57. The van der Waals surface area contributed by atoms with E-state index in [-0.39, 0.29) is 0 Å². The number of nitro groups is 4. The summed E-state index contributed by atoms with van der Waals surface area (Å²) in [5.41, 5.74) is -1.64. The summed E-state index contributed by atoms with van der Waals surface area (Å²) in [4.78, 5) is 39.9. The molecule has 108 valence electrons. The lowest BCUT2D eigenvalue weighted by Crippen LogP contribution is -2.51. The molecule has 1 heterocycles. The molecule has 14 heteroatoms. The minimum absolute atomic E-state index is 0.429. The maximum Gasteiger partial charge on any atom is 0.764 e. The van der Waals surface area contributed by atoms with Gasteiger partial charge >= 0.3 is 17.4 Å². The SMILES string of the molecule is Cc1c(C([N+](=O)[O-])([N+](=O)[O-])[N+](=O)[O-])nc([N+](=O)[O-])n1C. The molecule has 1 rings (SSSR count). The molecular formula is C6H6N6O8. The van der Waals surface area contributed by atoms with Gasteiger partial charge in [0, 0.05) is 0 Å². The Labute approximate surface area is 108 Å². The number of imidazole rings is 1. The first-order valence-electron chi connectivity index (χ1n) is 4.70. The summed E-state index contributed by atoms with van der Waals surface area (Å²) < 4.78 is 0.681. The molecule has 0 aliphatic rings. The van der Waals surface area contributed by atoms with Gasteiger partial charge in [-0.05, 0) is 16.8 Å². The molecule has 0 unspecified atom stereocenters. The van der Waals surface area contributed by atoms with E-state index >= 15 is 0 Å². The van der Waals surface area contributed by atoms with Gasteiger partial charge in [-0.1, -0.05) is 0 Å². The first-order chi connectivity index (χ1) is 9.08. The molecule has 1 aromatic heterocycles. The quantitative estimate of drug-likeness (QED) is 0.393. The molecule has 0 saturated heterocycles. The molecule has 0 radical (unpaired) electrons. The van der Waals surface area contributed by atoms with E-state index in [2.05, 4.69) is 4.98 Å². The topological polar surface area (TPSA) is 190 Å². The van der Waals surface area contributed by atoms with Crippen molar-refractivity contribution in [2.24, 2.45) is 7.05 Å². The van der Waals surface area contributed by atoms with E-state index in [1.165, 1.54) is 0 Å². The average molecular weight is 290 g/mol. The van der Waals surface area contributed by atoms with Crippen LogP contribution >= 0.6 is 0 Å². The lowest BCUT2D eigenvalue weighted by atomic mass is 10.2. The smallest absolute Gasteiger partial charge is 0.390 e. The maximum absolute atomic E-state index is 10.9. The third-order valence-electron chi connectivity index (χ3n) is 2.60.